The quantitative estimate of drug-likeness (QED) is 0.860. The van der Waals surface area contributed by atoms with Crippen LogP contribution in [0.25, 0.3) is 5.70 Å². The Kier molecular flexibility index (Phi) is 2.75. The zero-order chi connectivity index (χ0) is 10.8. The van der Waals surface area contributed by atoms with Gasteiger partial charge in [0, 0.05) is 4.47 Å². The van der Waals surface area contributed by atoms with Crippen LogP contribution in [0, 0.1) is 0 Å². The molecule has 2 rings (SSSR count). The van der Waals surface area contributed by atoms with Crippen LogP contribution in [0.3, 0.4) is 0 Å². The third-order valence-corrected chi connectivity index (χ3v) is 2.54. The highest BCUT2D eigenvalue weighted by Crippen LogP contribution is 2.20. The van der Waals surface area contributed by atoms with Crippen molar-refractivity contribution in [3.63, 3.8) is 0 Å². The first-order valence-corrected chi connectivity index (χ1v) is 5.08. The molecule has 1 unspecified atom stereocenters. The van der Waals surface area contributed by atoms with Gasteiger partial charge in [0.1, 0.15) is 0 Å². The van der Waals surface area contributed by atoms with Gasteiger partial charge in [0.25, 0.3) is 0 Å². The van der Waals surface area contributed by atoms with E-state index in [1.165, 1.54) is 6.08 Å². The van der Waals surface area contributed by atoms with E-state index in [2.05, 4.69) is 21.4 Å². The number of aliphatic carboxylic acids is 1. The Hall–Kier alpha value is -1.33. The lowest BCUT2D eigenvalue weighted by atomic mass is 10.1. The number of benzene rings is 1. The molecule has 0 aliphatic carbocycles. The van der Waals surface area contributed by atoms with Gasteiger partial charge in [-0.25, -0.2) is 4.79 Å². The normalized spacial score (nSPS) is 19.5. The molecule has 0 saturated heterocycles. The van der Waals surface area contributed by atoms with Crippen molar-refractivity contribution in [1.82, 2.24) is 5.48 Å². The summed E-state index contributed by atoms with van der Waals surface area (Å²) < 4.78 is 0.973. The van der Waals surface area contributed by atoms with Gasteiger partial charge < -0.3 is 5.11 Å². The van der Waals surface area contributed by atoms with Gasteiger partial charge in [0.2, 0.25) is 6.10 Å². The summed E-state index contributed by atoms with van der Waals surface area (Å²) in [6.45, 7) is 0. The molecule has 0 amide bonds. The molecule has 1 atom stereocenters. The van der Waals surface area contributed by atoms with E-state index in [1.807, 2.05) is 24.3 Å². The Labute approximate surface area is 94.6 Å². The third kappa shape index (κ3) is 2.19. The molecule has 0 radical (unpaired) electrons. The van der Waals surface area contributed by atoms with E-state index in [0.29, 0.717) is 5.70 Å². The van der Waals surface area contributed by atoms with Crippen molar-refractivity contribution in [3.8, 4) is 0 Å². The second-order valence-corrected chi connectivity index (χ2v) is 3.98. The zero-order valence-electron chi connectivity index (χ0n) is 7.61. The Morgan fingerprint density at radius 2 is 2.07 bits per heavy atom. The minimum atomic E-state index is -1.00. The molecular weight excluding hydrogens is 262 g/mol. The Bertz CT molecular complexity index is 413. The predicted molar refractivity (Wildman–Crippen MR) is 57.8 cm³/mol. The highest BCUT2D eigenvalue weighted by molar-refractivity contribution is 9.10. The maximum absolute atomic E-state index is 10.6. The number of rotatable bonds is 2. The first kappa shape index (κ1) is 10.2. The number of hydroxylamine groups is 1. The molecule has 0 saturated carbocycles. The summed E-state index contributed by atoms with van der Waals surface area (Å²) in [6.07, 6.45) is 0.620. The molecule has 0 spiro atoms. The fourth-order valence-corrected chi connectivity index (χ4v) is 1.52. The highest BCUT2D eigenvalue weighted by atomic mass is 79.9. The topological polar surface area (TPSA) is 58.6 Å². The van der Waals surface area contributed by atoms with Crippen molar-refractivity contribution in [2.45, 2.75) is 6.10 Å². The first-order valence-electron chi connectivity index (χ1n) is 4.29. The van der Waals surface area contributed by atoms with Crippen molar-refractivity contribution in [3.05, 3.63) is 40.4 Å². The fourth-order valence-electron chi connectivity index (χ4n) is 1.25. The molecule has 0 bridgehead atoms. The largest absolute Gasteiger partial charge is 0.479 e. The van der Waals surface area contributed by atoms with E-state index in [1.54, 1.807) is 0 Å². The summed E-state index contributed by atoms with van der Waals surface area (Å²) in [5, 5.41) is 8.70. The standard InChI is InChI=1S/C10H8BrNO3/c11-7-3-1-6(2-4-7)8-5-9(10(13)14)15-12-8/h1-5,9,12H,(H,13,14). The molecule has 0 aromatic heterocycles. The van der Waals surface area contributed by atoms with Crippen LogP contribution < -0.4 is 5.48 Å². The van der Waals surface area contributed by atoms with Gasteiger partial charge >= 0.3 is 5.97 Å². The second kappa shape index (κ2) is 4.04. The molecule has 1 heterocycles. The van der Waals surface area contributed by atoms with E-state index in [0.717, 1.165) is 10.0 Å². The van der Waals surface area contributed by atoms with Gasteiger partial charge in [-0.2, -0.15) is 0 Å². The van der Waals surface area contributed by atoms with Gasteiger partial charge in [-0.3, -0.25) is 10.3 Å². The van der Waals surface area contributed by atoms with Crippen molar-refractivity contribution in [1.29, 1.82) is 0 Å². The SMILES string of the molecule is O=C(O)C1C=C(c2ccc(Br)cc2)NO1. The molecule has 1 aliphatic heterocycles. The molecule has 0 fully saturated rings. The van der Waals surface area contributed by atoms with Gasteiger partial charge in [-0.15, -0.1) is 0 Å². The van der Waals surface area contributed by atoms with E-state index in [4.69, 9.17) is 9.94 Å². The molecule has 2 N–H and O–H groups in total. The van der Waals surface area contributed by atoms with Crippen molar-refractivity contribution in [2.24, 2.45) is 0 Å². The van der Waals surface area contributed by atoms with Crippen molar-refractivity contribution >= 4 is 27.6 Å². The summed E-state index contributed by atoms with van der Waals surface area (Å²) in [6, 6.07) is 7.50. The van der Waals surface area contributed by atoms with Gasteiger partial charge in [-0.05, 0) is 23.8 Å². The van der Waals surface area contributed by atoms with E-state index >= 15 is 0 Å². The average molecular weight is 270 g/mol. The van der Waals surface area contributed by atoms with Crippen LogP contribution in [-0.2, 0) is 9.63 Å². The third-order valence-electron chi connectivity index (χ3n) is 2.01. The monoisotopic (exact) mass is 269 g/mol. The maximum Gasteiger partial charge on any atom is 0.339 e. The molecule has 1 aromatic rings. The minimum Gasteiger partial charge on any atom is -0.479 e. The predicted octanol–water partition coefficient (Wildman–Crippen LogP) is 1.78. The van der Waals surface area contributed by atoms with Gasteiger partial charge in [0.05, 0.1) is 5.70 Å². The van der Waals surface area contributed by atoms with Gasteiger partial charge in [0.15, 0.2) is 0 Å². The summed E-state index contributed by atoms with van der Waals surface area (Å²) >= 11 is 3.32. The zero-order valence-corrected chi connectivity index (χ0v) is 9.19. The lowest BCUT2D eigenvalue weighted by Crippen LogP contribution is -2.20. The van der Waals surface area contributed by atoms with Gasteiger partial charge in [-0.1, -0.05) is 28.1 Å². The number of halogens is 1. The average Bonchev–Trinajstić information content (AvgIpc) is 2.68. The van der Waals surface area contributed by atoms with Crippen LogP contribution in [0.1, 0.15) is 5.56 Å². The lowest BCUT2D eigenvalue weighted by Gasteiger charge is -2.03. The summed E-state index contributed by atoms with van der Waals surface area (Å²) in [7, 11) is 0. The van der Waals surface area contributed by atoms with Crippen LogP contribution in [0.2, 0.25) is 0 Å². The molecule has 1 aliphatic rings. The molecule has 5 heteroatoms. The number of hydrogen-bond acceptors (Lipinski definition) is 3. The number of carbonyl (C=O) groups is 1. The van der Waals surface area contributed by atoms with E-state index < -0.39 is 12.1 Å². The number of hydrogen-bond donors (Lipinski definition) is 2. The van der Waals surface area contributed by atoms with Crippen LogP contribution >= 0.6 is 15.9 Å². The summed E-state index contributed by atoms with van der Waals surface area (Å²) in [4.78, 5) is 15.5. The molecule has 15 heavy (non-hydrogen) atoms. The van der Waals surface area contributed by atoms with Crippen LogP contribution in [0.4, 0.5) is 0 Å². The molecule has 4 nitrogen and oxygen atoms in total. The van der Waals surface area contributed by atoms with Crippen molar-refractivity contribution < 1.29 is 14.7 Å². The van der Waals surface area contributed by atoms with Crippen LogP contribution in [0.15, 0.2) is 34.8 Å². The minimum absolute atomic E-state index is 0.676. The first-order chi connectivity index (χ1) is 7.16. The number of carboxylic acid groups (broad SMARTS) is 1. The van der Waals surface area contributed by atoms with Crippen LogP contribution in [0.5, 0.6) is 0 Å². The smallest absolute Gasteiger partial charge is 0.339 e. The summed E-state index contributed by atoms with van der Waals surface area (Å²) in [5.41, 5.74) is 4.16. The van der Waals surface area contributed by atoms with E-state index in [-0.39, 0.29) is 0 Å². The van der Waals surface area contributed by atoms with Crippen LogP contribution in [-0.4, -0.2) is 17.2 Å². The Morgan fingerprint density at radius 1 is 1.40 bits per heavy atom. The fraction of sp³-hybridized carbons (Fsp3) is 0.100. The maximum atomic E-state index is 10.6. The second-order valence-electron chi connectivity index (χ2n) is 3.07. The molecule has 1 aromatic carbocycles. The number of nitrogens with one attached hydrogen (secondary N) is 1. The lowest BCUT2D eigenvalue weighted by molar-refractivity contribution is -0.148. The Balaban J connectivity index is 2.22. The molecular formula is C10H8BrNO3. The Morgan fingerprint density at radius 3 is 2.60 bits per heavy atom. The summed E-state index contributed by atoms with van der Waals surface area (Å²) in [5.74, 6) is -1.00. The highest BCUT2D eigenvalue weighted by Gasteiger charge is 2.23. The number of carboxylic acids is 1. The molecule has 78 valence electrons. The van der Waals surface area contributed by atoms with Crippen molar-refractivity contribution in [2.75, 3.05) is 0 Å². The van der Waals surface area contributed by atoms with E-state index in [9.17, 15) is 4.79 Å².